The summed E-state index contributed by atoms with van der Waals surface area (Å²) in [4.78, 5) is 0. The van der Waals surface area contributed by atoms with E-state index in [0.717, 1.165) is 12.8 Å². The standard InChI is InChI=1S/C13H28O3Si/c1-6-10-11-12-13(5)17(14-7-2,15-8-3)16-9-4/h6,10,13H,7-9,11-12H2,1-5H3. The van der Waals surface area contributed by atoms with Gasteiger partial charge in [-0.15, -0.1) is 0 Å². The molecule has 4 heteroatoms. The number of hydrogen-bond donors (Lipinski definition) is 0. The van der Waals surface area contributed by atoms with Crippen molar-refractivity contribution < 1.29 is 13.3 Å². The predicted octanol–water partition coefficient (Wildman–Crippen LogP) is 3.78. The Morgan fingerprint density at radius 2 is 1.47 bits per heavy atom. The molecule has 0 fully saturated rings. The first-order valence-corrected chi connectivity index (χ1v) is 8.50. The van der Waals surface area contributed by atoms with Gasteiger partial charge >= 0.3 is 8.80 Å². The summed E-state index contributed by atoms with van der Waals surface area (Å²) in [5.74, 6) is 0. The second-order valence-electron chi connectivity index (χ2n) is 3.95. The smallest absolute Gasteiger partial charge is 0.374 e. The van der Waals surface area contributed by atoms with Crippen LogP contribution in [0.3, 0.4) is 0 Å². The minimum absolute atomic E-state index is 0.346. The molecule has 0 saturated carbocycles. The topological polar surface area (TPSA) is 27.7 Å². The Bertz CT molecular complexity index is 190. The largest absolute Gasteiger partial charge is 0.503 e. The van der Waals surface area contributed by atoms with E-state index in [1.54, 1.807) is 0 Å². The molecular formula is C13H28O3Si. The zero-order valence-corrected chi connectivity index (χ0v) is 13.0. The third-order valence-corrected chi connectivity index (χ3v) is 6.21. The van der Waals surface area contributed by atoms with Gasteiger partial charge in [-0.05, 0) is 40.5 Å². The fourth-order valence-corrected chi connectivity index (χ4v) is 4.68. The van der Waals surface area contributed by atoms with Crippen LogP contribution in [0.2, 0.25) is 5.54 Å². The van der Waals surface area contributed by atoms with Gasteiger partial charge in [0, 0.05) is 25.4 Å². The summed E-state index contributed by atoms with van der Waals surface area (Å²) in [6.45, 7) is 12.2. The summed E-state index contributed by atoms with van der Waals surface area (Å²) in [6.07, 6.45) is 6.37. The molecular weight excluding hydrogens is 232 g/mol. The molecule has 102 valence electrons. The van der Waals surface area contributed by atoms with Crippen LogP contribution in [-0.2, 0) is 13.3 Å². The van der Waals surface area contributed by atoms with Crippen molar-refractivity contribution in [3.8, 4) is 0 Å². The number of rotatable bonds is 10. The first kappa shape index (κ1) is 16.8. The Morgan fingerprint density at radius 1 is 1.00 bits per heavy atom. The summed E-state index contributed by atoms with van der Waals surface area (Å²) in [5, 5.41) is 0. The quantitative estimate of drug-likeness (QED) is 0.442. The molecule has 0 N–H and O–H groups in total. The van der Waals surface area contributed by atoms with E-state index in [9.17, 15) is 0 Å². The van der Waals surface area contributed by atoms with E-state index in [-0.39, 0.29) is 0 Å². The fourth-order valence-electron chi connectivity index (χ4n) is 1.84. The van der Waals surface area contributed by atoms with Gasteiger partial charge < -0.3 is 13.3 Å². The highest BCUT2D eigenvalue weighted by molar-refractivity contribution is 6.62. The minimum atomic E-state index is -2.48. The van der Waals surface area contributed by atoms with Gasteiger partial charge in [0.25, 0.3) is 0 Å². The Morgan fingerprint density at radius 3 is 1.82 bits per heavy atom. The van der Waals surface area contributed by atoms with E-state index < -0.39 is 8.80 Å². The molecule has 0 heterocycles. The molecule has 0 aromatic heterocycles. The van der Waals surface area contributed by atoms with Crippen molar-refractivity contribution in [2.75, 3.05) is 19.8 Å². The van der Waals surface area contributed by atoms with Crippen LogP contribution in [0.5, 0.6) is 0 Å². The lowest BCUT2D eigenvalue weighted by Gasteiger charge is -2.33. The van der Waals surface area contributed by atoms with Crippen LogP contribution in [0.15, 0.2) is 12.2 Å². The second-order valence-corrected chi connectivity index (χ2v) is 7.01. The average Bonchev–Trinajstić information content (AvgIpc) is 2.30. The number of allylic oxidation sites excluding steroid dienone is 2. The van der Waals surface area contributed by atoms with Crippen LogP contribution < -0.4 is 0 Å². The van der Waals surface area contributed by atoms with E-state index in [1.807, 2.05) is 27.7 Å². The fraction of sp³-hybridized carbons (Fsp3) is 0.846. The molecule has 0 bridgehead atoms. The minimum Gasteiger partial charge on any atom is -0.374 e. The highest BCUT2D eigenvalue weighted by Gasteiger charge is 2.46. The molecule has 3 nitrogen and oxygen atoms in total. The Hall–Kier alpha value is -0.163. The zero-order chi connectivity index (χ0) is 13.1. The average molecular weight is 260 g/mol. The number of hydrogen-bond acceptors (Lipinski definition) is 3. The molecule has 0 aliphatic carbocycles. The van der Waals surface area contributed by atoms with Gasteiger partial charge in [-0.2, -0.15) is 0 Å². The molecule has 0 amide bonds. The first-order chi connectivity index (χ1) is 8.16. The summed E-state index contributed by atoms with van der Waals surface area (Å²) in [6, 6.07) is 0. The van der Waals surface area contributed by atoms with Crippen molar-refractivity contribution >= 4 is 8.80 Å². The molecule has 17 heavy (non-hydrogen) atoms. The van der Waals surface area contributed by atoms with Crippen molar-refractivity contribution in [1.29, 1.82) is 0 Å². The van der Waals surface area contributed by atoms with Crippen molar-refractivity contribution in [2.24, 2.45) is 0 Å². The Labute approximate surface area is 108 Å². The van der Waals surface area contributed by atoms with E-state index in [0.29, 0.717) is 25.4 Å². The van der Waals surface area contributed by atoms with Gasteiger partial charge in [-0.25, -0.2) is 0 Å². The molecule has 1 atom stereocenters. The highest BCUT2D eigenvalue weighted by atomic mass is 28.4. The maximum absolute atomic E-state index is 5.87. The lowest BCUT2D eigenvalue weighted by atomic mass is 10.2. The molecule has 0 aromatic carbocycles. The maximum Gasteiger partial charge on any atom is 0.503 e. The molecule has 1 unspecified atom stereocenters. The normalized spacial score (nSPS) is 14.4. The van der Waals surface area contributed by atoms with Crippen LogP contribution in [-0.4, -0.2) is 28.6 Å². The summed E-state index contributed by atoms with van der Waals surface area (Å²) >= 11 is 0. The molecule has 0 radical (unpaired) electrons. The van der Waals surface area contributed by atoms with Crippen LogP contribution in [0.4, 0.5) is 0 Å². The summed E-state index contributed by atoms with van der Waals surface area (Å²) in [7, 11) is -2.48. The van der Waals surface area contributed by atoms with Crippen LogP contribution in [0.25, 0.3) is 0 Å². The van der Waals surface area contributed by atoms with Gasteiger partial charge in [0.2, 0.25) is 0 Å². The van der Waals surface area contributed by atoms with Gasteiger partial charge in [-0.3, -0.25) is 0 Å². The Kier molecular flexibility index (Phi) is 9.73. The SMILES string of the molecule is CC=CCCC(C)[Si](OCC)(OCC)OCC. The molecule has 0 aromatic rings. The van der Waals surface area contributed by atoms with Crippen LogP contribution in [0, 0.1) is 0 Å². The van der Waals surface area contributed by atoms with E-state index in [1.165, 1.54) is 0 Å². The molecule has 0 rings (SSSR count). The summed E-state index contributed by atoms with van der Waals surface area (Å²) in [5.41, 5.74) is 0.346. The maximum atomic E-state index is 5.87. The van der Waals surface area contributed by atoms with Gasteiger partial charge in [-0.1, -0.05) is 19.1 Å². The molecule has 0 aliphatic heterocycles. The third kappa shape index (κ3) is 5.81. The van der Waals surface area contributed by atoms with E-state index in [4.69, 9.17) is 13.3 Å². The zero-order valence-electron chi connectivity index (χ0n) is 12.0. The third-order valence-electron chi connectivity index (χ3n) is 2.64. The van der Waals surface area contributed by atoms with Crippen molar-refractivity contribution in [3.63, 3.8) is 0 Å². The molecule has 0 spiro atoms. The lowest BCUT2D eigenvalue weighted by molar-refractivity contribution is 0.0616. The van der Waals surface area contributed by atoms with Gasteiger partial charge in [0.05, 0.1) is 0 Å². The molecule has 0 saturated heterocycles. The van der Waals surface area contributed by atoms with Crippen molar-refractivity contribution in [2.45, 2.75) is 53.0 Å². The second kappa shape index (κ2) is 9.83. The van der Waals surface area contributed by atoms with E-state index >= 15 is 0 Å². The van der Waals surface area contributed by atoms with Crippen LogP contribution in [0.1, 0.15) is 47.5 Å². The first-order valence-electron chi connectivity index (χ1n) is 6.69. The van der Waals surface area contributed by atoms with Crippen molar-refractivity contribution in [1.82, 2.24) is 0 Å². The van der Waals surface area contributed by atoms with Crippen molar-refractivity contribution in [3.05, 3.63) is 12.2 Å². The molecule has 0 aliphatic rings. The van der Waals surface area contributed by atoms with Crippen LogP contribution >= 0.6 is 0 Å². The van der Waals surface area contributed by atoms with E-state index in [2.05, 4.69) is 19.1 Å². The Balaban J connectivity index is 4.58. The van der Waals surface area contributed by atoms with Gasteiger partial charge in [0.1, 0.15) is 0 Å². The summed E-state index contributed by atoms with van der Waals surface area (Å²) < 4.78 is 17.6. The predicted molar refractivity (Wildman–Crippen MR) is 74.1 cm³/mol. The highest BCUT2D eigenvalue weighted by Crippen LogP contribution is 2.30. The van der Waals surface area contributed by atoms with Gasteiger partial charge in [0.15, 0.2) is 0 Å². The monoisotopic (exact) mass is 260 g/mol. The lowest BCUT2D eigenvalue weighted by Crippen LogP contribution is -2.49.